The molecule has 1 aliphatic heterocycles. The normalized spacial score (nSPS) is 28.2. The van der Waals surface area contributed by atoms with Crippen LogP contribution in [-0.2, 0) is 4.79 Å². The molecule has 1 aromatic carbocycles. The maximum absolute atomic E-state index is 13.6. The fourth-order valence-corrected chi connectivity index (χ4v) is 5.63. The van der Waals surface area contributed by atoms with Crippen LogP contribution in [0.3, 0.4) is 0 Å². The number of carbonyl (C=O) groups is 1. The molecule has 0 saturated heterocycles. The first-order valence-corrected chi connectivity index (χ1v) is 11.6. The molecule has 6 rings (SSSR count). The third kappa shape index (κ3) is 3.85. The van der Waals surface area contributed by atoms with E-state index in [0.29, 0.717) is 52.3 Å². The number of nitrogens with zero attached hydrogens (tertiary/aromatic N) is 4. The number of pyridine rings is 1. The van der Waals surface area contributed by atoms with E-state index in [2.05, 4.69) is 16.2 Å². The second kappa shape index (κ2) is 8.73. The van der Waals surface area contributed by atoms with Crippen molar-refractivity contribution in [1.82, 2.24) is 9.99 Å². The van der Waals surface area contributed by atoms with Crippen molar-refractivity contribution in [2.75, 3.05) is 6.61 Å². The molecule has 3 aliphatic carbocycles. The van der Waals surface area contributed by atoms with Crippen LogP contribution >= 0.6 is 23.2 Å². The molecule has 0 spiro atoms. The van der Waals surface area contributed by atoms with Gasteiger partial charge in [0.25, 0.3) is 0 Å². The number of amides is 1. The maximum atomic E-state index is 13.6. The number of halogens is 2. The number of hydrogen-bond acceptors (Lipinski definition) is 5. The van der Waals surface area contributed by atoms with Crippen molar-refractivity contribution in [2.24, 2.45) is 28.8 Å². The van der Waals surface area contributed by atoms with Gasteiger partial charge >= 0.3 is 0 Å². The molecule has 1 aromatic heterocycles. The lowest BCUT2D eigenvalue weighted by atomic mass is 9.55. The van der Waals surface area contributed by atoms with Crippen molar-refractivity contribution in [1.29, 1.82) is 5.26 Å². The summed E-state index contributed by atoms with van der Waals surface area (Å²) in [5, 5.41) is 15.9. The highest BCUT2D eigenvalue weighted by molar-refractivity contribution is 6.42. The lowest BCUT2D eigenvalue weighted by Crippen LogP contribution is -2.50. The Kier molecular flexibility index (Phi) is 5.79. The van der Waals surface area contributed by atoms with E-state index in [1.807, 2.05) is 12.1 Å². The zero-order valence-corrected chi connectivity index (χ0v) is 18.8. The molecule has 2 unspecified atom stereocenters. The second-order valence-corrected chi connectivity index (χ2v) is 9.56. The van der Waals surface area contributed by atoms with Crippen molar-refractivity contribution >= 4 is 35.3 Å². The van der Waals surface area contributed by atoms with Gasteiger partial charge in [-0.25, -0.2) is 9.99 Å². The van der Waals surface area contributed by atoms with Crippen LogP contribution < -0.4 is 4.74 Å². The standard InChI is InChI=1S/C24H22Cl2N4O2/c25-20-3-1-2-18(23(20)26)21-6-7-29-30(21)24(31)19-10-17(15-8-16(19)9-15)13-32-22-5-4-14(11-27)12-28-22/h1-5,7,12,15-17,19,21H,6,8-10,13H2/t15?,16?,17?,19-,21?/m0/s1. The number of ether oxygens (including phenoxy) is 1. The van der Waals surface area contributed by atoms with Gasteiger partial charge in [-0.15, -0.1) is 0 Å². The summed E-state index contributed by atoms with van der Waals surface area (Å²) < 4.78 is 5.91. The molecule has 0 N–H and O–H groups in total. The van der Waals surface area contributed by atoms with Gasteiger partial charge in [-0.1, -0.05) is 35.3 Å². The van der Waals surface area contributed by atoms with Crippen LogP contribution in [0.1, 0.15) is 42.9 Å². The number of hydrazone groups is 1. The van der Waals surface area contributed by atoms with Crippen LogP contribution in [-0.4, -0.2) is 28.7 Å². The van der Waals surface area contributed by atoms with E-state index >= 15 is 0 Å². The molecule has 2 aromatic rings. The molecule has 1 amide bonds. The van der Waals surface area contributed by atoms with E-state index in [-0.39, 0.29) is 17.9 Å². The van der Waals surface area contributed by atoms with E-state index in [9.17, 15) is 4.79 Å². The summed E-state index contributed by atoms with van der Waals surface area (Å²) in [5.41, 5.74) is 1.34. The van der Waals surface area contributed by atoms with Crippen molar-refractivity contribution in [3.8, 4) is 11.9 Å². The quantitative estimate of drug-likeness (QED) is 0.599. The van der Waals surface area contributed by atoms with Gasteiger partial charge < -0.3 is 4.74 Å². The number of hydrogen-bond donors (Lipinski definition) is 0. The van der Waals surface area contributed by atoms with Gasteiger partial charge in [0, 0.05) is 30.8 Å². The third-order valence-electron chi connectivity index (χ3n) is 7.03. The molecule has 2 heterocycles. The van der Waals surface area contributed by atoms with E-state index in [1.165, 1.54) is 6.20 Å². The molecule has 164 valence electrons. The molecule has 4 aliphatic rings. The number of nitriles is 1. The minimum Gasteiger partial charge on any atom is -0.477 e. The summed E-state index contributed by atoms with van der Waals surface area (Å²) in [6, 6.07) is 10.8. The highest BCUT2D eigenvalue weighted by Crippen LogP contribution is 2.53. The average molecular weight is 469 g/mol. The Hall–Kier alpha value is -2.62. The predicted octanol–water partition coefficient (Wildman–Crippen LogP) is 5.26. The molecule has 32 heavy (non-hydrogen) atoms. The Labute approximate surface area is 196 Å². The molecule has 8 heteroatoms. The smallest absolute Gasteiger partial charge is 0.246 e. The van der Waals surface area contributed by atoms with E-state index < -0.39 is 0 Å². The molecule has 3 fully saturated rings. The Bertz CT molecular complexity index is 1090. The molecular formula is C24H22Cl2N4O2. The summed E-state index contributed by atoms with van der Waals surface area (Å²) in [5.74, 6) is 1.78. The van der Waals surface area contributed by atoms with Crippen LogP contribution in [0, 0.1) is 35.0 Å². The van der Waals surface area contributed by atoms with Crippen LogP contribution in [0.2, 0.25) is 10.0 Å². The topological polar surface area (TPSA) is 78.6 Å². The largest absolute Gasteiger partial charge is 0.477 e. The molecular weight excluding hydrogens is 447 g/mol. The van der Waals surface area contributed by atoms with Crippen molar-refractivity contribution < 1.29 is 9.53 Å². The monoisotopic (exact) mass is 468 g/mol. The molecule has 3 saturated carbocycles. The highest BCUT2D eigenvalue weighted by atomic mass is 35.5. The molecule has 3 atom stereocenters. The average Bonchev–Trinajstić information content (AvgIpc) is 3.28. The highest BCUT2D eigenvalue weighted by Gasteiger charge is 2.50. The Morgan fingerprint density at radius 1 is 1.19 bits per heavy atom. The van der Waals surface area contributed by atoms with Crippen molar-refractivity contribution in [3.05, 3.63) is 57.7 Å². The van der Waals surface area contributed by atoms with Crippen molar-refractivity contribution in [2.45, 2.75) is 31.7 Å². The lowest BCUT2D eigenvalue weighted by molar-refractivity contribution is -0.148. The number of benzene rings is 1. The first kappa shape index (κ1) is 21.2. The minimum absolute atomic E-state index is 0.0597. The van der Waals surface area contributed by atoms with Crippen LogP contribution in [0.25, 0.3) is 0 Å². The summed E-state index contributed by atoms with van der Waals surface area (Å²) in [6.07, 6.45) is 6.80. The van der Waals surface area contributed by atoms with E-state index in [4.69, 9.17) is 33.2 Å². The first-order valence-electron chi connectivity index (χ1n) is 10.8. The molecule has 2 bridgehead atoms. The molecule has 6 nitrogen and oxygen atoms in total. The van der Waals surface area contributed by atoms with Gasteiger partial charge in [0.1, 0.15) is 6.07 Å². The zero-order chi connectivity index (χ0) is 22.2. The van der Waals surface area contributed by atoms with E-state index in [0.717, 1.165) is 24.8 Å². The molecule has 0 radical (unpaired) electrons. The van der Waals surface area contributed by atoms with Gasteiger partial charge in [0.2, 0.25) is 11.8 Å². The van der Waals surface area contributed by atoms with Gasteiger partial charge in [0.15, 0.2) is 0 Å². The van der Waals surface area contributed by atoms with Gasteiger partial charge in [-0.05, 0) is 54.7 Å². The Morgan fingerprint density at radius 2 is 2.03 bits per heavy atom. The fourth-order valence-electron chi connectivity index (χ4n) is 5.20. The third-order valence-corrected chi connectivity index (χ3v) is 7.86. The fraction of sp³-hybridized carbons (Fsp3) is 0.417. The Morgan fingerprint density at radius 3 is 2.78 bits per heavy atom. The van der Waals surface area contributed by atoms with Gasteiger partial charge in [-0.2, -0.15) is 10.4 Å². The summed E-state index contributed by atoms with van der Waals surface area (Å²) in [4.78, 5) is 17.7. The summed E-state index contributed by atoms with van der Waals surface area (Å²) in [6.45, 7) is 0.521. The summed E-state index contributed by atoms with van der Waals surface area (Å²) in [7, 11) is 0. The van der Waals surface area contributed by atoms with Crippen LogP contribution in [0.15, 0.2) is 41.6 Å². The van der Waals surface area contributed by atoms with E-state index in [1.54, 1.807) is 29.4 Å². The van der Waals surface area contributed by atoms with Gasteiger partial charge in [-0.3, -0.25) is 4.79 Å². The van der Waals surface area contributed by atoms with Crippen LogP contribution in [0.4, 0.5) is 0 Å². The summed E-state index contributed by atoms with van der Waals surface area (Å²) >= 11 is 12.6. The number of fused-ring (bicyclic) bond motifs is 2. The van der Waals surface area contributed by atoms with Crippen molar-refractivity contribution in [3.63, 3.8) is 0 Å². The Balaban J connectivity index is 1.27. The second-order valence-electron chi connectivity index (χ2n) is 8.78. The minimum atomic E-state index is -0.218. The lowest BCUT2D eigenvalue weighted by Gasteiger charge is -2.51. The number of aromatic nitrogens is 1. The first-order chi connectivity index (χ1) is 15.5. The van der Waals surface area contributed by atoms with Crippen LogP contribution in [0.5, 0.6) is 5.88 Å². The SMILES string of the molecule is N#Cc1ccc(OCC2C[C@H](C(=O)N3N=CCC3c3cccc(Cl)c3Cl)C3CC2C3)nc1. The maximum Gasteiger partial charge on any atom is 0.246 e. The zero-order valence-electron chi connectivity index (χ0n) is 17.3. The number of rotatable bonds is 5. The number of carbonyl (C=O) groups excluding carboxylic acids is 1. The van der Waals surface area contributed by atoms with Gasteiger partial charge in [0.05, 0.1) is 28.3 Å². The predicted molar refractivity (Wildman–Crippen MR) is 121 cm³/mol.